The van der Waals surface area contributed by atoms with Gasteiger partial charge in [-0.25, -0.2) is 0 Å². The second-order valence-corrected chi connectivity index (χ2v) is 6.81. The zero-order valence-corrected chi connectivity index (χ0v) is 15.0. The van der Waals surface area contributed by atoms with E-state index in [0.717, 1.165) is 12.0 Å². The Bertz CT molecular complexity index is 901. The molecule has 0 saturated carbocycles. The molecular formula is C20H21N3O3. The van der Waals surface area contributed by atoms with E-state index in [9.17, 15) is 10.1 Å². The highest BCUT2D eigenvalue weighted by Gasteiger charge is 2.18. The van der Waals surface area contributed by atoms with Gasteiger partial charge in [0.2, 0.25) is 11.8 Å². The van der Waals surface area contributed by atoms with Gasteiger partial charge in [-0.3, -0.25) is 10.1 Å². The molecule has 0 spiro atoms. The molecule has 0 amide bonds. The monoisotopic (exact) mass is 351 g/mol. The van der Waals surface area contributed by atoms with E-state index in [2.05, 4.69) is 48.3 Å². The highest BCUT2D eigenvalue weighted by atomic mass is 16.6. The van der Waals surface area contributed by atoms with Crippen molar-refractivity contribution in [1.29, 1.82) is 0 Å². The number of non-ortho nitro benzene ring substituents is 1. The zero-order chi connectivity index (χ0) is 18.7. The molecule has 0 fully saturated rings. The summed E-state index contributed by atoms with van der Waals surface area (Å²) < 4.78 is 5.77. The summed E-state index contributed by atoms with van der Waals surface area (Å²) in [5.74, 6) is 1.34. The SMILES string of the molecule is CC(C)Cc1ccc([C@@H](C)c2nnc(-c3cccc([N+](=O)[O-])c3)o2)cc1. The summed E-state index contributed by atoms with van der Waals surface area (Å²) in [5.41, 5.74) is 2.93. The van der Waals surface area contributed by atoms with Crippen LogP contribution in [0.3, 0.4) is 0 Å². The largest absolute Gasteiger partial charge is 0.420 e. The Balaban J connectivity index is 1.80. The summed E-state index contributed by atoms with van der Waals surface area (Å²) in [6, 6.07) is 14.6. The Morgan fingerprint density at radius 2 is 1.81 bits per heavy atom. The van der Waals surface area contributed by atoms with Crippen LogP contribution >= 0.6 is 0 Å². The van der Waals surface area contributed by atoms with E-state index in [-0.39, 0.29) is 17.5 Å². The van der Waals surface area contributed by atoms with Crippen molar-refractivity contribution in [2.45, 2.75) is 33.1 Å². The second-order valence-electron chi connectivity index (χ2n) is 6.81. The van der Waals surface area contributed by atoms with Gasteiger partial charge in [0.15, 0.2) is 0 Å². The number of nitrogens with zero attached hydrogens (tertiary/aromatic N) is 3. The second kappa shape index (κ2) is 7.47. The summed E-state index contributed by atoms with van der Waals surface area (Å²) in [5, 5.41) is 19.1. The average molecular weight is 351 g/mol. The van der Waals surface area contributed by atoms with Crippen LogP contribution in [0.1, 0.15) is 43.7 Å². The van der Waals surface area contributed by atoms with E-state index in [4.69, 9.17) is 4.42 Å². The maximum absolute atomic E-state index is 10.9. The highest BCUT2D eigenvalue weighted by molar-refractivity contribution is 5.57. The van der Waals surface area contributed by atoms with Gasteiger partial charge in [-0.2, -0.15) is 0 Å². The van der Waals surface area contributed by atoms with Crippen molar-refractivity contribution in [3.05, 3.63) is 75.7 Å². The molecule has 0 bridgehead atoms. The van der Waals surface area contributed by atoms with Crippen LogP contribution in [0, 0.1) is 16.0 Å². The molecule has 26 heavy (non-hydrogen) atoms. The van der Waals surface area contributed by atoms with E-state index in [1.54, 1.807) is 12.1 Å². The lowest BCUT2D eigenvalue weighted by Gasteiger charge is -2.09. The van der Waals surface area contributed by atoms with Gasteiger partial charge < -0.3 is 4.42 Å². The van der Waals surface area contributed by atoms with Gasteiger partial charge in [0.1, 0.15) is 0 Å². The van der Waals surface area contributed by atoms with Gasteiger partial charge in [-0.05, 0) is 36.5 Å². The Labute approximate surface area is 152 Å². The van der Waals surface area contributed by atoms with Crippen molar-refractivity contribution in [2.75, 3.05) is 0 Å². The van der Waals surface area contributed by atoms with Gasteiger partial charge in [0, 0.05) is 17.7 Å². The van der Waals surface area contributed by atoms with Crippen molar-refractivity contribution in [1.82, 2.24) is 10.2 Å². The molecule has 1 atom stereocenters. The topological polar surface area (TPSA) is 82.1 Å². The van der Waals surface area contributed by atoms with Crippen molar-refractivity contribution < 1.29 is 9.34 Å². The van der Waals surface area contributed by atoms with E-state index in [1.165, 1.54) is 17.7 Å². The fraction of sp³-hybridized carbons (Fsp3) is 0.300. The highest BCUT2D eigenvalue weighted by Crippen LogP contribution is 2.28. The van der Waals surface area contributed by atoms with Crippen LogP contribution in [-0.4, -0.2) is 15.1 Å². The summed E-state index contributed by atoms with van der Waals surface area (Å²) >= 11 is 0. The first-order chi connectivity index (χ1) is 12.4. The van der Waals surface area contributed by atoms with Gasteiger partial charge in [-0.15, -0.1) is 10.2 Å². The van der Waals surface area contributed by atoms with Crippen LogP contribution in [0.2, 0.25) is 0 Å². The number of aromatic nitrogens is 2. The maximum Gasteiger partial charge on any atom is 0.270 e. The van der Waals surface area contributed by atoms with Gasteiger partial charge in [0.25, 0.3) is 5.69 Å². The van der Waals surface area contributed by atoms with Crippen molar-refractivity contribution >= 4 is 5.69 Å². The lowest BCUT2D eigenvalue weighted by molar-refractivity contribution is -0.384. The molecule has 2 aromatic carbocycles. The fourth-order valence-electron chi connectivity index (χ4n) is 2.84. The zero-order valence-electron chi connectivity index (χ0n) is 15.0. The third-order valence-corrected chi connectivity index (χ3v) is 4.24. The Hall–Kier alpha value is -3.02. The quantitative estimate of drug-likeness (QED) is 0.461. The molecule has 0 aliphatic rings. The standard InChI is InChI=1S/C20H21N3O3/c1-13(2)11-15-7-9-16(10-8-15)14(3)19-21-22-20(26-19)17-5-4-6-18(12-17)23(24)25/h4-10,12-14H,11H2,1-3H3/t14-/m1/s1. The third-order valence-electron chi connectivity index (χ3n) is 4.24. The van der Waals surface area contributed by atoms with E-state index in [0.29, 0.717) is 17.4 Å². The molecule has 134 valence electrons. The van der Waals surface area contributed by atoms with Crippen molar-refractivity contribution in [3.63, 3.8) is 0 Å². The summed E-state index contributed by atoms with van der Waals surface area (Å²) in [4.78, 5) is 10.5. The van der Waals surface area contributed by atoms with Crippen LogP contribution in [-0.2, 0) is 6.42 Å². The molecule has 0 aliphatic carbocycles. The van der Waals surface area contributed by atoms with E-state index in [1.807, 2.05) is 6.92 Å². The molecule has 0 aliphatic heterocycles. The summed E-state index contributed by atoms with van der Waals surface area (Å²) in [6.07, 6.45) is 1.05. The molecule has 0 radical (unpaired) electrons. The average Bonchev–Trinajstić information content (AvgIpc) is 3.11. The van der Waals surface area contributed by atoms with Crippen LogP contribution in [0.4, 0.5) is 5.69 Å². The summed E-state index contributed by atoms with van der Waals surface area (Å²) in [6.45, 7) is 6.40. The normalized spacial score (nSPS) is 12.3. The molecule has 3 aromatic rings. The molecule has 6 nitrogen and oxygen atoms in total. The van der Waals surface area contributed by atoms with Crippen LogP contribution < -0.4 is 0 Å². The molecule has 6 heteroatoms. The minimum Gasteiger partial charge on any atom is -0.420 e. The predicted molar refractivity (Wildman–Crippen MR) is 98.9 cm³/mol. The Morgan fingerprint density at radius 3 is 2.46 bits per heavy atom. The van der Waals surface area contributed by atoms with Gasteiger partial charge in [0.05, 0.1) is 10.8 Å². The first-order valence-electron chi connectivity index (χ1n) is 8.61. The number of nitro benzene ring substituents is 1. The first-order valence-corrected chi connectivity index (χ1v) is 8.61. The molecule has 0 N–H and O–H groups in total. The van der Waals surface area contributed by atoms with Crippen molar-refractivity contribution in [3.8, 4) is 11.5 Å². The third kappa shape index (κ3) is 3.96. The number of hydrogen-bond acceptors (Lipinski definition) is 5. The first kappa shape index (κ1) is 17.8. The number of hydrogen-bond donors (Lipinski definition) is 0. The molecule has 0 unspecified atom stereocenters. The molecule has 0 saturated heterocycles. The number of benzene rings is 2. The van der Waals surface area contributed by atoms with Crippen molar-refractivity contribution in [2.24, 2.45) is 5.92 Å². The van der Waals surface area contributed by atoms with Gasteiger partial charge in [-0.1, -0.05) is 44.2 Å². The summed E-state index contributed by atoms with van der Waals surface area (Å²) in [7, 11) is 0. The lowest BCUT2D eigenvalue weighted by atomic mass is 9.97. The molecular weight excluding hydrogens is 330 g/mol. The van der Waals surface area contributed by atoms with Crippen LogP contribution in [0.25, 0.3) is 11.5 Å². The Kier molecular flexibility index (Phi) is 5.11. The molecule has 3 rings (SSSR count). The van der Waals surface area contributed by atoms with Gasteiger partial charge >= 0.3 is 0 Å². The lowest BCUT2D eigenvalue weighted by Crippen LogP contribution is -1.98. The van der Waals surface area contributed by atoms with Crippen LogP contribution in [0.5, 0.6) is 0 Å². The smallest absolute Gasteiger partial charge is 0.270 e. The maximum atomic E-state index is 10.9. The minimum absolute atomic E-state index is 0.00367. The molecule has 1 aromatic heterocycles. The molecule has 1 heterocycles. The fourth-order valence-corrected chi connectivity index (χ4v) is 2.84. The van der Waals surface area contributed by atoms with E-state index < -0.39 is 4.92 Å². The Morgan fingerprint density at radius 1 is 1.08 bits per heavy atom. The number of nitro groups is 1. The minimum atomic E-state index is -0.442. The predicted octanol–water partition coefficient (Wildman–Crippen LogP) is 5.00. The van der Waals surface area contributed by atoms with E-state index >= 15 is 0 Å². The van der Waals surface area contributed by atoms with Crippen LogP contribution in [0.15, 0.2) is 52.9 Å². The number of rotatable bonds is 6.